The Labute approximate surface area is 204 Å². The van der Waals surface area contributed by atoms with Gasteiger partial charge in [-0.25, -0.2) is 0 Å². The normalized spacial score (nSPS) is 11.5. The average molecular weight is 467 g/mol. The Morgan fingerprint density at radius 3 is 2.03 bits per heavy atom. The molecule has 0 fully saturated rings. The third kappa shape index (κ3) is 8.36. The van der Waals surface area contributed by atoms with Crippen LogP contribution < -0.4 is 14.2 Å². The summed E-state index contributed by atoms with van der Waals surface area (Å²) >= 11 is 0. The van der Waals surface area contributed by atoms with E-state index in [4.69, 9.17) is 14.2 Å². The fourth-order valence-electron chi connectivity index (χ4n) is 2.96. The molecule has 0 aliphatic rings. The fourth-order valence-corrected chi connectivity index (χ4v) is 2.96. The Kier molecular flexibility index (Phi) is 10.4. The number of hydrogen-bond acceptors (Lipinski definition) is 5. The number of hydrogen-bond donors (Lipinski definition) is 0. The van der Waals surface area contributed by atoms with Crippen molar-refractivity contribution in [1.29, 1.82) is 0 Å². The molecular formula is C29H38O5. The third-order valence-electron chi connectivity index (χ3n) is 5.19. The molecule has 2 aromatic rings. The van der Waals surface area contributed by atoms with Crippen molar-refractivity contribution in [3.63, 3.8) is 0 Å². The number of benzene rings is 2. The zero-order chi connectivity index (χ0) is 25.1. The predicted octanol–water partition coefficient (Wildman–Crippen LogP) is 7.20. The van der Waals surface area contributed by atoms with Gasteiger partial charge in [-0.3, -0.25) is 9.59 Å². The summed E-state index contributed by atoms with van der Waals surface area (Å²) in [7, 11) is 0. The van der Waals surface area contributed by atoms with Gasteiger partial charge in [0.25, 0.3) is 0 Å². The number of unbranched alkanes of at least 4 members (excludes halogenated alkanes) is 2. The minimum absolute atomic E-state index is 0.144. The molecule has 0 N–H and O–H groups in total. The van der Waals surface area contributed by atoms with Crippen molar-refractivity contribution in [2.45, 2.75) is 67.2 Å². The van der Waals surface area contributed by atoms with Crippen LogP contribution in [0.3, 0.4) is 0 Å². The highest BCUT2D eigenvalue weighted by molar-refractivity contribution is 6.07. The molecule has 2 aromatic carbocycles. The van der Waals surface area contributed by atoms with Gasteiger partial charge in [-0.1, -0.05) is 26.7 Å². The summed E-state index contributed by atoms with van der Waals surface area (Å²) in [6, 6.07) is 10.5. The van der Waals surface area contributed by atoms with Gasteiger partial charge in [-0.15, -0.1) is 0 Å². The van der Waals surface area contributed by atoms with E-state index in [-0.39, 0.29) is 11.8 Å². The molecule has 0 aliphatic heterocycles. The van der Waals surface area contributed by atoms with E-state index in [9.17, 15) is 9.59 Å². The molecule has 0 saturated heterocycles. The molecule has 34 heavy (non-hydrogen) atoms. The first-order valence-electron chi connectivity index (χ1n) is 12.1. The van der Waals surface area contributed by atoms with Gasteiger partial charge in [-0.05, 0) is 88.6 Å². The number of allylic oxidation sites excluding steroid dienone is 1. The Hall–Kier alpha value is -3.08. The maximum absolute atomic E-state index is 12.7. The summed E-state index contributed by atoms with van der Waals surface area (Å²) in [5.41, 5.74) is 1.75. The highest BCUT2D eigenvalue weighted by Crippen LogP contribution is 2.31. The van der Waals surface area contributed by atoms with Gasteiger partial charge in [0.1, 0.15) is 17.2 Å². The van der Waals surface area contributed by atoms with Crippen LogP contribution in [0.25, 0.3) is 6.08 Å². The molecule has 0 aromatic heterocycles. The van der Waals surface area contributed by atoms with Crippen molar-refractivity contribution in [3.05, 3.63) is 59.2 Å². The zero-order valence-electron chi connectivity index (χ0n) is 21.4. The van der Waals surface area contributed by atoms with Crippen LogP contribution in [-0.2, 0) is 4.79 Å². The van der Waals surface area contributed by atoms with E-state index in [0.717, 1.165) is 42.6 Å². The zero-order valence-corrected chi connectivity index (χ0v) is 21.4. The van der Waals surface area contributed by atoms with Crippen LogP contribution in [0.1, 0.15) is 81.8 Å². The Morgan fingerprint density at radius 2 is 1.47 bits per heavy atom. The van der Waals surface area contributed by atoms with Gasteiger partial charge in [0.15, 0.2) is 5.78 Å². The molecule has 0 unspecified atom stereocenters. The van der Waals surface area contributed by atoms with E-state index in [1.165, 1.54) is 6.08 Å². The number of carbonyl (C=O) groups is 2. The van der Waals surface area contributed by atoms with Crippen LogP contribution in [-0.4, -0.2) is 25.0 Å². The van der Waals surface area contributed by atoms with Gasteiger partial charge in [-0.2, -0.15) is 0 Å². The molecule has 0 bridgehead atoms. The minimum Gasteiger partial charge on any atom is -0.493 e. The van der Waals surface area contributed by atoms with E-state index in [2.05, 4.69) is 13.8 Å². The van der Waals surface area contributed by atoms with Crippen LogP contribution >= 0.6 is 0 Å². The van der Waals surface area contributed by atoms with Crippen molar-refractivity contribution in [3.8, 4) is 17.2 Å². The molecule has 5 nitrogen and oxygen atoms in total. The monoisotopic (exact) mass is 466 g/mol. The molecule has 0 amide bonds. The second-order valence-corrected chi connectivity index (χ2v) is 9.42. The summed E-state index contributed by atoms with van der Waals surface area (Å²) in [5, 5.41) is 0. The molecule has 0 atom stereocenters. The van der Waals surface area contributed by atoms with Crippen molar-refractivity contribution in [1.82, 2.24) is 0 Å². The fraction of sp³-hybridized carbons (Fsp3) is 0.448. The van der Waals surface area contributed by atoms with Crippen LogP contribution in [0.5, 0.6) is 17.2 Å². The van der Waals surface area contributed by atoms with E-state index >= 15 is 0 Å². The Morgan fingerprint density at radius 1 is 0.882 bits per heavy atom. The lowest BCUT2D eigenvalue weighted by atomic mass is 9.97. The van der Waals surface area contributed by atoms with Crippen molar-refractivity contribution in [2.24, 2.45) is 5.41 Å². The highest BCUT2D eigenvalue weighted by Gasteiger charge is 2.23. The summed E-state index contributed by atoms with van der Waals surface area (Å²) in [4.78, 5) is 24.8. The van der Waals surface area contributed by atoms with Crippen LogP contribution in [0.15, 0.2) is 42.5 Å². The first-order chi connectivity index (χ1) is 16.2. The largest absolute Gasteiger partial charge is 0.493 e. The molecule has 2 rings (SSSR count). The SMILES string of the molecule is CCCCOc1cc(OCCCC)c(C=CC(=O)c2ccc(OC(=O)C(C)(C)C)cc2)cc1C. The molecule has 5 heteroatoms. The average Bonchev–Trinajstić information content (AvgIpc) is 2.79. The van der Waals surface area contributed by atoms with Gasteiger partial charge < -0.3 is 14.2 Å². The van der Waals surface area contributed by atoms with E-state index in [1.807, 2.05) is 19.1 Å². The number of carbonyl (C=O) groups excluding carboxylic acids is 2. The molecule has 0 aliphatic carbocycles. The van der Waals surface area contributed by atoms with Gasteiger partial charge >= 0.3 is 5.97 Å². The Balaban J connectivity index is 2.17. The van der Waals surface area contributed by atoms with Gasteiger partial charge in [0.2, 0.25) is 0 Å². The summed E-state index contributed by atoms with van der Waals surface area (Å²) in [6.45, 7) is 12.9. The lowest BCUT2D eigenvalue weighted by molar-refractivity contribution is -0.143. The van der Waals surface area contributed by atoms with Crippen molar-refractivity contribution in [2.75, 3.05) is 13.2 Å². The molecule has 0 heterocycles. The maximum atomic E-state index is 12.7. The van der Waals surface area contributed by atoms with Crippen LogP contribution in [0.2, 0.25) is 0 Å². The molecule has 184 valence electrons. The highest BCUT2D eigenvalue weighted by atomic mass is 16.5. The predicted molar refractivity (Wildman–Crippen MR) is 137 cm³/mol. The summed E-state index contributed by atoms with van der Waals surface area (Å²) in [6.07, 6.45) is 7.37. The van der Waals surface area contributed by atoms with Crippen LogP contribution in [0, 0.1) is 12.3 Å². The van der Waals surface area contributed by atoms with Crippen molar-refractivity contribution >= 4 is 17.8 Å². The van der Waals surface area contributed by atoms with Crippen LogP contribution in [0.4, 0.5) is 0 Å². The lowest BCUT2D eigenvalue weighted by Crippen LogP contribution is -2.25. The maximum Gasteiger partial charge on any atom is 0.316 e. The number of esters is 1. The summed E-state index contributed by atoms with van der Waals surface area (Å²) < 4.78 is 17.3. The minimum atomic E-state index is -0.594. The molecule has 0 spiro atoms. The number of aryl methyl sites for hydroxylation is 1. The lowest BCUT2D eigenvalue weighted by Gasteiger charge is -2.16. The standard InChI is InChI=1S/C29H38O5/c1-7-9-17-32-26-20-27(33-18-10-8-2)23(19-21(26)3)13-16-25(30)22-11-14-24(15-12-22)34-28(31)29(4,5)6/h11-16,19-20H,7-10,17-18H2,1-6H3. The Bertz CT molecular complexity index is 981. The quantitative estimate of drug-likeness (QED) is 0.109. The first kappa shape index (κ1) is 27.2. The molecular weight excluding hydrogens is 428 g/mol. The summed E-state index contributed by atoms with van der Waals surface area (Å²) in [5.74, 6) is 1.47. The topological polar surface area (TPSA) is 61.8 Å². The number of rotatable bonds is 12. The second-order valence-electron chi connectivity index (χ2n) is 9.42. The van der Waals surface area contributed by atoms with Crippen molar-refractivity contribution < 1.29 is 23.8 Å². The third-order valence-corrected chi connectivity index (χ3v) is 5.19. The number of ketones is 1. The first-order valence-corrected chi connectivity index (χ1v) is 12.1. The molecule has 0 saturated carbocycles. The molecule has 0 radical (unpaired) electrons. The second kappa shape index (κ2) is 13.0. The van der Waals surface area contributed by atoms with E-state index in [0.29, 0.717) is 30.3 Å². The van der Waals surface area contributed by atoms with Gasteiger partial charge in [0, 0.05) is 17.2 Å². The number of ether oxygens (including phenoxy) is 3. The van der Waals surface area contributed by atoms with Gasteiger partial charge in [0.05, 0.1) is 18.6 Å². The smallest absolute Gasteiger partial charge is 0.316 e. The van der Waals surface area contributed by atoms with E-state index in [1.54, 1.807) is 51.1 Å². The van der Waals surface area contributed by atoms with E-state index < -0.39 is 5.41 Å².